The number of nitrogens with one attached hydrogen (secondary N) is 1. The van der Waals surface area contributed by atoms with E-state index < -0.39 is 28.3 Å². The smallest absolute Gasteiger partial charge is 0.240 e. The van der Waals surface area contributed by atoms with Gasteiger partial charge in [0.15, 0.2) is 0 Å². The van der Waals surface area contributed by atoms with Crippen LogP contribution in [0, 0.1) is 5.82 Å². The van der Waals surface area contributed by atoms with Crippen molar-refractivity contribution in [2.45, 2.75) is 12.8 Å². The van der Waals surface area contributed by atoms with Gasteiger partial charge in [0.05, 0.1) is 17.0 Å². The highest BCUT2D eigenvalue weighted by Gasteiger charge is 2.21. The number of carbonyl (C=O) groups is 1. The van der Waals surface area contributed by atoms with E-state index in [2.05, 4.69) is 5.32 Å². The van der Waals surface area contributed by atoms with Crippen molar-refractivity contribution < 1.29 is 17.6 Å². The zero-order valence-corrected chi connectivity index (χ0v) is 16.9. The van der Waals surface area contributed by atoms with E-state index in [9.17, 15) is 17.6 Å². The van der Waals surface area contributed by atoms with Crippen LogP contribution < -0.4 is 9.62 Å². The van der Waals surface area contributed by atoms with Gasteiger partial charge < -0.3 is 5.32 Å². The van der Waals surface area contributed by atoms with Crippen LogP contribution in [0.25, 0.3) is 0 Å². The molecule has 1 N–H and O–H groups in total. The molecular formula is C18H19Cl2FN2O3S. The molecule has 0 unspecified atom stereocenters. The second kappa shape index (κ2) is 9.39. The number of aryl methyl sites for hydroxylation is 1. The first-order chi connectivity index (χ1) is 12.7. The van der Waals surface area contributed by atoms with Gasteiger partial charge in [0.1, 0.15) is 12.4 Å². The third-order valence-electron chi connectivity index (χ3n) is 3.78. The minimum atomic E-state index is -3.75. The Bertz CT molecular complexity index is 923. The summed E-state index contributed by atoms with van der Waals surface area (Å²) in [4.78, 5) is 12.2. The summed E-state index contributed by atoms with van der Waals surface area (Å²) in [5, 5.41) is 3.12. The van der Waals surface area contributed by atoms with Gasteiger partial charge in [0.25, 0.3) is 0 Å². The summed E-state index contributed by atoms with van der Waals surface area (Å²) in [5.74, 6) is -1.14. The lowest BCUT2D eigenvalue weighted by Crippen LogP contribution is -2.40. The molecule has 0 fully saturated rings. The third kappa shape index (κ3) is 6.37. The Morgan fingerprint density at radius 3 is 2.48 bits per heavy atom. The van der Waals surface area contributed by atoms with E-state index in [1.165, 1.54) is 12.1 Å². The number of benzene rings is 2. The highest BCUT2D eigenvalue weighted by atomic mass is 35.5. The predicted molar refractivity (Wildman–Crippen MR) is 106 cm³/mol. The summed E-state index contributed by atoms with van der Waals surface area (Å²) >= 11 is 11.8. The van der Waals surface area contributed by atoms with E-state index in [1.54, 1.807) is 6.07 Å². The molecule has 2 aromatic carbocycles. The van der Waals surface area contributed by atoms with E-state index in [-0.39, 0.29) is 10.7 Å². The van der Waals surface area contributed by atoms with E-state index in [0.29, 0.717) is 24.4 Å². The zero-order chi connectivity index (χ0) is 20.0. The van der Waals surface area contributed by atoms with Gasteiger partial charge in [-0.05, 0) is 42.7 Å². The van der Waals surface area contributed by atoms with E-state index in [4.69, 9.17) is 23.2 Å². The molecule has 0 heterocycles. The van der Waals surface area contributed by atoms with E-state index >= 15 is 0 Å². The molecule has 0 atom stereocenters. The predicted octanol–water partition coefficient (Wildman–Crippen LogP) is 3.65. The Balaban J connectivity index is 1.94. The molecule has 0 aliphatic carbocycles. The van der Waals surface area contributed by atoms with Crippen molar-refractivity contribution in [1.29, 1.82) is 0 Å². The lowest BCUT2D eigenvalue weighted by Gasteiger charge is -2.22. The number of hydrogen-bond acceptors (Lipinski definition) is 3. The summed E-state index contributed by atoms with van der Waals surface area (Å²) in [7, 11) is -3.75. The molecule has 0 aliphatic heterocycles. The van der Waals surface area contributed by atoms with Crippen molar-refractivity contribution in [3.05, 3.63) is 63.9 Å². The van der Waals surface area contributed by atoms with Gasteiger partial charge in [-0.15, -0.1) is 0 Å². The maximum Gasteiger partial charge on any atom is 0.240 e. The van der Waals surface area contributed by atoms with Gasteiger partial charge >= 0.3 is 0 Å². The molecule has 5 nitrogen and oxygen atoms in total. The minimum Gasteiger partial charge on any atom is -0.355 e. The van der Waals surface area contributed by atoms with Crippen LogP contribution in [0.2, 0.25) is 10.0 Å². The molecule has 9 heteroatoms. The molecule has 0 bridgehead atoms. The van der Waals surface area contributed by atoms with Gasteiger partial charge in [-0.3, -0.25) is 9.10 Å². The van der Waals surface area contributed by atoms with Crippen molar-refractivity contribution in [3.63, 3.8) is 0 Å². The van der Waals surface area contributed by atoms with Gasteiger partial charge in [0.2, 0.25) is 15.9 Å². The minimum absolute atomic E-state index is 0.120. The molecule has 0 aliphatic rings. The van der Waals surface area contributed by atoms with Gasteiger partial charge in [0, 0.05) is 11.6 Å². The summed E-state index contributed by atoms with van der Waals surface area (Å²) in [6, 6.07) is 10.9. The molecule has 0 aromatic heterocycles. The molecular weight excluding hydrogens is 414 g/mol. The summed E-state index contributed by atoms with van der Waals surface area (Å²) in [5.41, 5.74) is 1.10. The van der Waals surface area contributed by atoms with Crippen LogP contribution in [0.5, 0.6) is 0 Å². The Morgan fingerprint density at radius 1 is 1.15 bits per heavy atom. The standard InChI is InChI=1S/C18H19Cl2FN2O3S/c1-27(25,26)23(14-8-9-17(21)16(20)11-14)12-18(24)22-10-4-6-13-5-2-3-7-15(13)19/h2-3,5,7-9,11H,4,6,10,12H2,1H3,(H,22,24). The average molecular weight is 433 g/mol. The Morgan fingerprint density at radius 2 is 1.85 bits per heavy atom. The first-order valence-corrected chi connectivity index (χ1v) is 10.7. The number of rotatable bonds is 8. The van der Waals surface area contributed by atoms with Crippen LogP contribution in [-0.2, 0) is 21.2 Å². The number of sulfonamides is 1. The third-order valence-corrected chi connectivity index (χ3v) is 5.58. The number of halogens is 3. The van der Waals surface area contributed by atoms with Crippen molar-refractivity contribution >= 4 is 44.8 Å². The number of anilines is 1. The van der Waals surface area contributed by atoms with Gasteiger partial charge in [-0.1, -0.05) is 41.4 Å². The van der Waals surface area contributed by atoms with Crippen molar-refractivity contribution in [1.82, 2.24) is 5.32 Å². The quantitative estimate of drug-likeness (QED) is 0.647. The molecule has 146 valence electrons. The lowest BCUT2D eigenvalue weighted by atomic mass is 10.1. The Kier molecular flexibility index (Phi) is 7.47. The van der Waals surface area contributed by atoms with Crippen molar-refractivity contribution in [3.8, 4) is 0 Å². The number of nitrogens with zero attached hydrogens (tertiary/aromatic N) is 1. The summed E-state index contributed by atoms with van der Waals surface area (Å²) in [6.45, 7) is -0.0568. The van der Waals surface area contributed by atoms with Gasteiger partial charge in [-0.25, -0.2) is 12.8 Å². The number of hydrogen-bond donors (Lipinski definition) is 1. The molecule has 0 radical (unpaired) electrons. The highest BCUT2D eigenvalue weighted by molar-refractivity contribution is 7.92. The van der Waals surface area contributed by atoms with E-state index in [0.717, 1.165) is 22.2 Å². The molecule has 0 spiro atoms. The van der Waals surface area contributed by atoms with Crippen molar-refractivity contribution in [2.75, 3.05) is 23.7 Å². The van der Waals surface area contributed by atoms with Crippen LogP contribution in [0.1, 0.15) is 12.0 Å². The lowest BCUT2D eigenvalue weighted by molar-refractivity contribution is -0.119. The maximum absolute atomic E-state index is 13.3. The molecule has 0 saturated heterocycles. The van der Waals surface area contributed by atoms with Crippen molar-refractivity contribution in [2.24, 2.45) is 0 Å². The topological polar surface area (TPSA) is 66.5 Å². The number of carbonyl (C=O) groups excluding carboxylic acids is 1. The van der Waals surface area contributed by atoms with Crippen LogP contribution in [0.15, 0.2) is 42.5 Å². The van der Waals surface area contributed by atoms with Crippen LogP contribution >= 0.6 is 23.2 Å². The molecule has 1 amide bonds. The average Bonchev–Trinajstić information content (AvgIpc) is 2.59. The molecule has 2 rings (SSSR count). The largest absolute Gasteiger partial charge is 0.355 e. The second-order valence-electron chi connectivity index (χ2n) is 5.91. The first-order valence-electron chi connectivity index (χ1n) is 8.11. The van der Waals surface area contributed by atoms with Gasteiger partial charge in [-0.2, -0.15) is 0 Å². The van der Waals surface area contributed by atoms with Crippen LogP contribution in [0.4, 0.5) is 10.1 Å². The fourth-order valence-electron chi connectivity index (χ4n) is 2.43. The second-order valence-corrected chi connectivity index (χ2v) is 8.63. The zero-order valence-electron chi connectivity index (χ0n) is 14.6. The first kappa shape index (κ1) is 21.5. The molecule has 0 saturated carbocycles. The maximum atomic E-state index is 13.3. The normalized spacial score (nSPS) is 11.3. The fraction of sp³-hybridized carbons (Fsp3) is 0.278. The van der Waals surface area contributed by atoms with Crippen LogP contribution in [-0.4, -0.2) is 33.7 Å². The van der Waals surface area contributed by atoms with E-state index in [1.807, 2.05) is 18.2 Å². The molecule has 27 heavy (non-hydrogen) atoms. The fourth-order valence-corrected chi connectivity index (χ4v) is 3.69. The summed E-state index contributed by atoms with van der Waals surface area (Å²) in [6.07, 6.45) is 2.30. The SMILES string of the molecule is CS(=O)(=O)N(CC(=O)NCCCc1ccccc1Cl)c1ccc(F)c(Cl)c1. The monoisotopic (exact) mass is 432 g/mol. The highest BCUT2D eigenvalue weighted by Crippen LogP contribution is 2.24. The molecule has 2 aromatic rings. The Hall–Kier alpha value is -1.83. The van der Waals surface area contributed by atoms with Crippen LogP contribution in [0.3, 0.4) is 0 Å². The summed E-state index contributed by atoms with van der Waals surface area (Å²) < 4.78 is 38.2. The number of amides is 1. The Labute approximate surface area is 168 Å².